The highest BCUT2D eigenvalue weighted by Gasteiger charge is 2.68. The van der Waals surface area contributed by atoms with E-state index in [1.165, 1.54) is 24.3 Å². The summed E-state index contributed by atoms with van der Waals surface area (Å²) in [5.41, 5.74) is -2.33. The van der Waals surface area contributed by atoms with Gasteiger partial charge in [0.2, 0.25) is 0 Å². The van der Waals surface area contributed by atoms with Crippen molar-refractivity contribution in [3.05, 3.63) is 82.9 Å². The number of nitrogens with zero attached hydrogens (tertiary/aromatic N) is 1. The molecule has 148 valence electrons. The van der Waals surface area contributed by atoms with Gasteiger partial charge in [-0.25, -0.2) is 18.2 Å². The summed E-state index contributed by atoms with van der Waals surface area (Å²) in [6.45, 7) is -0.486. The van der Waals surface area contributed by atoms with E-state index in [2.05, 4.69) is 22.2 Å². The van der Waals surface area contributed by atoms with E-state index < -0.39 is 46.8 Å². The summed E-state index contributed by atoms with van der Waals surface area (Å²) in [4.78, 5) is 3.94. The van der Waals surface area contributed by atoms with E-state index in [0.717, 1.165) is 18.3 Å². The first-order valence-corrected chi connectivity index (χ1v) is 8.58. The topological polar surface area (TPSA) is 36.9 Å². The SMILES string of the molecule is Fc1ccc(C#CC2=NC=C(C(F)(F)C3(c4ccc(F)cc4F)CO3)NC2)cc1. The van der Waals surface area contributed by atoms with Gasteiger partial charge in [-0.05, 0) is 42.3 Å². The number of rotatable bonds is 3. The Kier molecular flexibility index (Phi) is 4.63. The van der Waals surface area contributed by atoms with Gasteiger partial charge in [0.15, 0.2) is 5.60 Å². The first-order chi connectivity index (χ1) is 13.8. The highest BCUT2D eigenvalue weighted by Crippen LogP contribution is 2.54. The molecule has 1 saturated heterocycles. The van der Waals surface area contributed by atoms with Crippen molar-refractivity contribution in [3.8, 4) is 11.8 Å². The Bertz CT molecular complexity index is 1080. The maximum absolute atomic E-state index is 15.1. The van der Waals surface area contributed by atoms with Crippen LogP contribution in [0.5, 0.6) is 0 Å². The highest BCUT2D eigenvalue weighted by atomic mass is 19.3. The van der Waals surface area contributed by atoms with Gasteiger partial charge in [-0.1, -0.05) is 5.92 Å². The summed E-state index contributed by atoms with van der Waals surface area (Å²) in [7, 11) is 0. The molecule has 8 heteroatoms. The summed E-state index contributed by atoms with van der Waals surface area (Å²) < 4.78 is 75.2. The van der Waals surface area contributed by atoms with Crippen LogP contribution in [0, 0.1) is 29.3 Å². The minimum Gasteiger partial charge on any atom is -0.376 e. The fourth-order valence-corrected chi connectivity index (χ4v) is 2.97. The predicted molar refractivity (Wildman–Crippen MR) is 95.7 cm³/mol. The van der Waals surface area contributed by atoms with Crippen LogP contribution >= 0.6 is 0 Å². The van der Waals surface area contributed by atoms with E-state index >= 15 is 8.78 Å². The zero-order chi connectivity index (χ0) is 20.6. The summed E-state index contributed by atoms with van der Waals surface area (Å²) in [6.07, 6.45) is 0.920. The Balaban J connectivity index is 1.58. The number of aliphatic imine (C=N–C) groups is 1. The van der Waals surface area contributed by atoms with Gasteiger partial charge in [0, 0.05) is 17.2 Å². The molecular formula is C21H13F5N2O. The van der Waals surface area contributed by atoms with Crippen LogP contribution in [0.2, 0.25) is 0 Å². The molecule has 1 fully saturated rings. The fraction of sp³-hybridized carbons (Fsp3) is 0.190. The van der Waals surface area contributed by atoms with E-state index in [1.54, 1.807) is 0 Å². The van der Waals surface area contributed by atoms with Crippen LogP contribution in [0.15, 0.2) is 59.4 Å². The molecule has 2 aromatic rings. The molecule has 2 aromatic carbocycles. The predicted octanol–water partition coefficient (Wildman–Crippen LogP) is 3.90. The molecule has 2 aliphatic heterocycles. The fourth-order valence-electron chi connectivity index (χ4n) is 2.97. The van der Waals surface area contributed by atoms with Gasteiger partial charge in [0.1, 0.15) is 28.9 Å². The quantitative estimate of drug-likeness (QED) is 0.479. The van der Waals surface area contributed by atoms with E-state index in [0.29, 0.717) is 17.3 Å². The third-order valence-electron chi connectivity index (χ3n) is 4.64. The second-order valence-corrected chi connectivity index (χ2v) is 6.54. The average molecular weight is 404 g/mol. The van der Waals surface area contributed by atoms with Gasteiger partial charge >= 0.3 is 5.92 Å². The van der Waals surface area contributed by atoms with E-state index in [-0.39, 0.29) is 6.54 Å². The second kappa shape index (κ2) is 7.01. The van der Waals surface area contributed by atoms with Gasteiger partial charge in [-0.3, -0.25) is 0 Å². The molecule has 1 unspecified atom stereocenters. The highest BCUT2D eigenvalue weighted by molar-refractivity contribution is 6.03. The molecule has 1 N–H and O–H groups in total. The molecule has 0 spiro atoms. The zero-order valence-corrected chi connectivity index (χ0v) is 14.8. The van der Waals surface area contributed by atoms with Crippen LogP contribution in [-0.2, 0) is 10.3 Å². The monoisotopic (exact) mass is 404 g/mol. The number of alkyl halides is 2. The number of nitrogens with one attached hydrogen (secondary N) is 1. The Labute approximate surface area is 162 Å². The lowest BCUT2D eigenvalue weighted by molar-refractivity contribution is -0.0506. The van der Waals surface area contributed by atoms with Gasteiger partial charge in [0.05, 0.1) is 19.4 Å². The molecule has 0 amide bonds. The molecule has 0 bridgehead atoms. The smallest absolute Gasteiger partial charge is 0.323 e. The minimum atomic E-state index is -3.62. The van der Waals surface area contributed by atoms with Crippen molar-refractivity contribution < 1.29 is 26.7 Å². The molecule has 29 heavy (non-hydrogen) atoms. The molecule has 0 radical (unpaired) electrons. The van der Waals surface area contributed by atoms with Crippen molar-refractivity contribution in [2.45, 2.75) is 11.5 Å². The number of benzene rings is 2. The summed E-state index contributed by atoms with van der Waals surface area (Å²) in [5, 5.41) is 2.54. The van der Waals surface area contributed by atoms with Crippen molar-refractivity contribution >= 4 is 5.71 Å². The maximum atomic E-state index is 15.1. The third kappa shape index (κ3) is 3.49. The van der Waals surface area contributed by atoms with Crippen LogP contribution in [0.25, 0.3) is 0 Å². The standard InChI is InChI=1S/C21H13F5N2O/c22-14-4-1-13(2-5-14)3-7-16-10-28-19(11-27-16)21(25,26)20(12-29-20)17-8-6-15(23)9-18(17)24/h1-2,4-6,8-9,11,28H,10,12H2. The van der Waals surface area contributed by atoms with Gasteiger partial charge in [0.25, 0.3) is 0 Å². The Hall–Kier alpha value is -3.18. The van der Waals surface area contributed by atoms with E-state index in [1.807, 2.05) is 0 Å². The zero-order valence-electron chi connectivity index (χ0n) is 14.8. The number of epoxide rings is 1. The molecule has 3 nitrogen and oxygen atoms in total. The molecule has 0 saturated carbocycles. The van der Waals surface area contributed by atoms with Crippen LogP contribution in [0.3, 0.4) is 0 Å². The molecule has 0 aliphatic carbocycles. The summed E-state index contributed by atoms with van der Waals surface area (Å²) in [6, 6.07) is 7.89. The van der Waals surface area contributed by atoms with Gasteiger partial charge < -0.3 is 10.1 Å². The van der Waals surface area contributed by atoms with Gasteiger partial charge in [-0.15, -0.1) is 0 Å². The lowest BCUT2D eigenvalue weighted by Crippen LogP contribution is -2.44. The lowest BCUT2D eigenvalue weighted by atomic mass is 9.90. The molecule has 1 atom stereocenters. The van der Waals surface area contributed by atoms with E-state index in [4.69, 9.17) is 4.74 Å². The average Bonchev–Trinajstić information content (AvgIpc) is 3.50. The van der Waals surface area contributed by atoms with Crippen LogP contribution < -0.4 is 5.32 Å². The first-order valence-electron chi connectivity index (χ1n) is 8.58. The Morgan fingerprint density at radius 3 is 2.28 bits per heavy atom. The Morgan fingerprint density at radius 1 is 1.00 bits per heavy atom. The molecule has 4 rings (SSSR count). The number of hydrogen-bond donors (Lipinski definition) is 1. The van der Waals surface area contributed by atoms with Crippen LogP contribution in [0.1, 0.15) is 11.1 Å². The second-order valence-electron chi connectivity index (χ2n) is 6.54. The van der Waals surface area contributed by atoms with Crippen molar-refractivity contribution in [2.75, 3.05) is 13.2 Å². The molecular weight excluding hydrogens is 391 g/mol. The van der Waals surface area contributed by atoms with Crippen molar-refractivity contribution in [3.63, 3.8) is 0 Å². The minimum absolute atomic E-state index is 0.0718. The molecule has 2 aliphatic rings. The first kappa shape index (κ1) is 19.2. The summed E-state index contributed by atoms with van der Waals surface area (Å²) >= 11 is 0. The number of hydrogen-bond acceptors (Lipinski definition) is 3. The summed E-state index contributed by atoms with van der Waals surface area (Å²) in [5.74, 6) is -0.497. The maximum Gasteiger partial charge on any atom is 0.323 e. The lowest BCUT2D eigenvalue weighted by Gasteiger charge is -2.28. The van der Waals surface area contributed by atoms with Crippen molar-refractivity contribution in [1.29, 1.82) is 0 Å². The Morgan fingerprint density at radius 2 is 1.69 bits per heavy atom. The normalized spacial score (nSPS) is 20.7. The molecule has 2 heterocycles. The van der Waals surface area contributed by atoms with Crippen LogP contribution in [0.4, 0.5) is 22.0 Å². The number of ether oxygens (including phenoxy) is 1. The van der Waals surface area contributed by atoms with Crippen molar-refractivity contribution in [2.24, 2.45) is 4.99 Å². The van der Waals surface area contributed by atoms with E-state index in [9.17, 15) is 13.2 Å². The number of halogens is 5. The third-order valence-corrected chi connectivity index (χ3v) is 4.64. The largest absolute Gasteiger partial charge is 0.376 e. The van der Waals surface area contributed by atoms with Gasteiger partial charge in [-0.2, -0.15) is 8.78 Å². The van der Waals surface area contributed by atoms with Crippen molar-refractivity contribution in [1.82, 2.24) is 5.32 Å². The van der Waals surface area contributed by atoms with Crippen LogP contribution in [-0.4, -0.2) is 24.8 Å². The molecule has 0 aromatic heterocycles.